The molecule has 4 rings (SSSR count). The Balaban J connectivity index is 1.46. The highest BCUT2D eigenvalue weighted by Gasteiger charge is 2.15. The number of fused-ring (bicyclic) bond motifs is 1. The number of carbonyl (C=O) groups is 1. The number of amides is 1. The Morgan fingerprint density at radius 3 is 2.56 bits per heavy atom. The van der Waals surface area contributed by atoms with Gasteiger partial charge in [-0.3, -0.25) is 10.1 Å². The van der Waals surface area contributed by atoms with Crippen LogP contribution in [0.4, 0.5) is 5.69 Å². The first-order chi connectivity index (χ1) is 15.3. The van der Waals surface area contributed by atoms with Gasteiger partial charge in [0.25, 0.3) is 5.91 Å². The maximum Gasteiger partial charge on any atom is 0.257 e. The minimum Gasteiger partial charge on any atom is -0.491 e. The predicted octanol–water partition coefficient (Wildman–Crippen LogP) is 4.38. The summed E-state index contributed by atoms with van der Waals surface area (Å²) in [6.45, 7) is 7.74. The molecular formula is C22H22N6O2S2. The number of anilines is 1. The van der Waals surface area contributed by atoms with Gasteiger partial charge in [0, 0.05) is 16.8 Å². The van der Waals surface area contributed by atoms with Gasteiger partial charge < -0.3 is 10.1 Å². The van der Waals surface area contributed by atoms with Crippen molar-refractivity contribution in [1.82, 2.24) is 25.1 Å². The van der Waals surface area contributed by atoms with Gasteiger partial charge in [0.2, 0.25) is 4.96 Å². The highest BCUT2D eigenvalue weighted by atomic mass is 32.1. The van der Waals surface area contributed by atoms with Crippen LogP contribution >= 0.6 is 23.6 Å². The van der Waals surface area contributed by atoms with Crippen molar-refractivity contribution in [3.63, 3.8) is 0 Å². The molecule has 0 bridgehead atoms. The molecular weight excluding hydrogens is 444 g/mol. The number of ether oxygens (including phenoxy) is 1. The van der Waals surface area contributed by atoms with Crippen molar-refractivity contribution >= 4 is 45.2 Å². The SMILES string of the molecule is Cc1c(NC(=S)NC(=O)c2ccc(OC(C)C)cc2)cccc1-c1nn2c(C)nnc2s1. The molecule has 0 saturated heterocycles. The van der Waals surface area contributed by atoms with E-state index in [9.17, 15) is 4.79 Å². The molecule has 164 valence electrons. The van der Waals surface area contributed by atoms with E-state index in [2.05, 4.69) is 25.9 Å². The lowest BCUT2D eigenvalue weighted by molar-refractivity contribution is 0.0977. The lowest BCUT2D eigenvalue weighted by Crippen LogP contribution is -2.34. The van der Waals surface area contributed by atoms with Crippen molar-refractivity contribution in [3.8, 4) is 16.3 Å². The van der Waals surface area contributed by atoms with Crippen LogP contribution in [0.25, 0.3) is 15.5 Å². The number of thiocarbonyl (C=S) groups is 1. The van der Waals surface area contributed by atoms with Crippen LogP contribution < -0.4 is 15.4 Å². The van der Waals surface area contributed by atoms with E-state index in [1.165, 1.54) is 11.3 Å². The smallest absolute Gasteiger partial charge is 0.257 e. The van der Waals surface area contributed by atoms with Gasteiger partial charge in [-0.25, -0.2) is 0 Å². The van der Waals surface area contributed by atoms with Gasteiger partial charge in [0.15, 0.2) is 10.9 Å². The quantitative estimate of drug-likeness (QED) is 0.422. The first-order valence-corrected chi connectivity index (χ1v) is 11.2. The van der Waals surface area contributed by atoms with Crippen LogP contribution in [0.15, 0.2) is 42.5 Å². The van der Waals surface area contributed by atoms with Gasteiger partial charge in [0.05, 0.1) is 6.10 Å². The van der Waals surface area contributed by atoms with E-state index in [0.29, 0.717) is 11.3 Å². The van der Waals surface area contributed by atoms with E-state index in [4.69, 9.17) is 17.0 Å². The molecule has 0 atom stereocenters. The second kappa shape index (κ2) is 9.01. The van der Waals surface area contributed by atoms with E-state index in [-0.39, 0.29) is 17.1 Å². The van der Waals surface area contributed by atoms with Crippen molar-refractivity contribution in [2.24, 2.45) is 0 Å². The van der Waals surface area contributed by atoms with Crippen LogP contribution in [0, 0.1) is 13.8 Å². The number of aryl methyl sites for hydroxylation is 1. The number of rotatable bonds is 5. The fourth-order valence-corrected chi connectivity index (χ4v) is 4.28. The number of nitrogens with zero attached hydrogens (tertiary/aromatic N) is 4. The zero-order valence-corrected chi connectivity index (χ0v) is 19.7. The summed E-state index contributed by atoms with van der Waals surface area (Å²) in [6, 6.07) is 12.7. The Morgan fingerprint density at radius 2 is 1.88 bits per heavy atom. The lowest BCUT2D eigenvalue weighted by atomic mass is 10.1. The van der Waals surface area contributed by atoms with Crippen molar-refractivity contribution in [3.05, 3.63) is 59.4 Å². The van der Waals surface area contributed by atoms with Gasteiger partial charge in [0.1, 0.15) is 10.8 Å². The van der Waals surface area contributed by atoms with Gasteiger partial charge in [-0.15, -0.1) is 10.2 Å². The predicted molar refractivity (Wildman–Crippen MR) is 129 cm³/mol. The number of hydrogen-bond donors (Lipinski definition) is 2. The van der Waals surface area contributed by atoms with Crippen LogP contribution in [-0.2, 0) is 0 Å². The molecule has 0 unspecified atom stereocenters. The van der Waals surface area contributed by atoms with Crippen LogP contribution in [0.2, 0.25) is 0 Å². The molecule has 1 amide bonds. The second-order valence-corrected chi connectivity index (χ2v) is 8.79. The molecule has 8 nitrogen and oxygen atoms in total. The van der Waals surface area contributed by atoms with Gasteiger partial charge >= 0.3 is 0 Å². The summed E-state index contributed by atoms with van der Waals surface area (Å²) >= 11 is 6.83. The van der Waals surface area contributed by atoms with Crippen LogP contribution in [0.3, 0.4) is 0 Å². The lowest BCUT2D eigenvalue weighted by Gasteiger charge is -2.14. The number of carbonyl (C=O) groups excluding carboxylic acids is 1. The molecule has 10 heteroatoms. The maximum atomic E-state index is 12.6. The van der Waals surface area contributed by atoms with Crippen LogP contribution in [0.5, 0.6) is 5.75 Å². The zero-order chi connectivity index (χ0) is 22.8. The largest absolute Gasteiger partial charge is 0.491 e. The molecule has 2 N–H and O–H groups in total. The third kappa shape index (κ3) is 4.61. The molecule has 4 aromatic rings. The maximum absolute atomic E-state index is 12.6. The Bertz CT molecular complexity index is 1290. The summed E-state index contributed by atoms with van der Waals surface area (Å²) < 4.78 is 7.33. The number of hydrogen-bond acceptors (Lipinski definition) is 7. The third-order valence-electron chi connectivity index (χ3n) is 4.67. The molecule has 2 aromatic heterocycles. The fourth-order valence-electron chi connectivity index (χ4n) is 3.11. The van der Waals surface area contributed by atoms with Crippen molar-refractivity contribution in [2.75, 3.05) is 5.32 Å². The van der Waals surface area contributed by atoms with E-state index in [1.54, 1.807) is 28.8 Å². The fraction of sp³-hybridized carbons (Fsp3) is 0.227. The molecule has 0 saturated carbocycles. The molecule has 32 heavy (non-hydrogen) atoms. The first-order valence-electron chi connectivity index (χ1n) is 9.99. The normalized spacial score (nSPS) is 11.0. The molecule has 0 aliphatic carbocycles. The van der Waals surface area contributed by atoms with Crippen molar-refractivity contribution in [2.45, 2.75) is 33.8 Å². The highest BCUT2D eigenvalue weighted by molar-refractivity contribution is 7.80. The summed E-state index contributed by atoms with van der Waals surface area (Å²) in [4.78, 5) is 13.3. The Hall–Kier alpha value is -3.37. The topological polar surface area (TPSA) is 93.4 Å². The molecule has 0 aliphatic rings. The molecule has 0 fully saturated rings. The van der Waals surface area contributed by atoms with Gasteiger partial charge in [-0.05, 0) is 75.8 Å². The number of nitrogens with one attached hydrogen (secondary N) is 2. The van der Waals surface area contributed by atoms with E-state index in [0.717, 1.165) is 32.6 Å². The molecule has 2 heterocycles. The highest BCUT2D eigenvalue weighted by Crippen LogP contribution is 2.31. The summed E-state index contributed by atoms with van der Waals surface area (Å²) in [5.41, 5.74) is 3.20. The van der Waals surface area contributed by atoms with Crippen LogP contribution in [-0.4, -0.2) is 36.9 Å². The molecule has 0 aliphatic heterocycles. The summed E-state index contributed by atoms with van der Waals surface area (Å²) in [6.07, 6.45) is 0.0704. The first kappa shape index (κ1) is 21.8. The number of aromatic nitrogens is 4. The second-order valence-electron chi connectivity index (χ2n) is 7.43. The zero-order valence-electron chi connectivity index (χ0n) is 18.0. The van der Waals surface area contributed by atoms with Crippen molar-refractivity contribution in [1.29, 1.82) is 0 Å². The summed E-state index contributed by atoms with van der Waals surface area (Å²) in [5.74, 6) is 1.16. The summed E-state index contributed by atoms with van der Waals surface area (Å²) in [7, 11) is 0. The monoisotopic (exact) mass is 466 g/mol. The molecule has 2 aromatic carbocycles. The average Bonchev–Trinajstić information content (AvgIpc) is 3.31. The standard InChI is InChI=1S/C22H22N6O2S2/c1-12(2)30-16-10-8-15(9-11-16)19(29)24-21(31)23-18-7-5-6-17(13(18)3)20-27-28-14(4)25-26-22(28)32-20/h5-12H,1-4H3,(H2,23,24,29,31). The Kier molecular flexibility index (Phi) is 6.15. The van der Waals surface area contributed by atoms with E-state index < -0.39 is 0 Å². The molecule has 0 spiro atoms. The molecule has 0 radical (unpaired) electrons. The van der Waals surface area contributed by atoms with Gasteiger partial charge in [-0.2, -0.15) is 9.61 Å². The van der Waals surface area contributed by atoms with Crippen LogP contribution in [0.1, 0.15) is 35.6 Å². The Labute approximate surface area is 194 Å². The van der Waals surface area contributed by atoms with E-state index >= 15 is 0 Å². The number of benzene rings is 2. The summed E-state index contributed by atoms with van der Waals surface area (Å²) in [5, 5.41) is 19.6. The minimum atomic E-state index is -0.295. The third-order valence-corrected chi connectivity index (χ3v) is 5.81. The average molecular weight is 467 g/mol. The minimum absolute atomic E-state index is 0.0704. The van der Waals surface area contributed by atoms with Gasteiger partial charge in [-0.1, -0.05) is 23.5 Å². The van der Waals surface area contributed by atoms with E-state index in [1.807, 2.05) is 45.9 Å². The van der Waals surface area contributed by atoms with Crippen molar-refractivity contribution < 1.29 is 9.53 Å². The Morgan fingerprint density at radius 1 is 1.12 bits per heavy atom.